The number of quaternary nitrogens is 1. The molecule has 448 valence electrons. The van der Waals surface area contributed by atoms with E-state index in [0.29, 0.717) is 17.4 Å². The van der Waals surface area contributed by atoms with Crippen molar-refractivity contribution in [3.05, 3.63) is 48.6 Å². The molecule has 0 radical (unpaired) electrons. The minimum Gasteiger partial charge on any atom is -0.756 e. The highest BCUT2D eigenvalue weighted by Crippen LogP contribution is 2.38. The van der Waals surface area contributed by atoms with Crippen LogP contribution in [0.15, 0.2) is 48.6 Å². The zero-order valence-corrected chi connectivity index (χ0v) is 52.1. The molecule has 2 N–H and O–H groups in total. The van der Waals surface area contributed by atoms with Crippen molar-refractivity contribution >= 4 is 13.7 Å². The number of amides is 1. The molecule has 8 nitrogen and oxygen atoms in total. The summed E-state index contributed by atoms with van der Waals surface area (Å²) in [7, 11) is 1.25. The van der Waals surface area contributed by atoms with E-state index in [4.69, 9.17) is 9.05 Å². The van der Waals surface area contributed by atoms with Gasteiger partial charge in [0.15, 0.2) is 0 Å². The third-order valence-corrected chi connectivity index (χ3v) is 16.0. The standard InChI is InChI=1S/C67H129N2O6P/c1-6-8-10-12-14-16-18-20-22-24-26-28-30-31-32-33-34-35-36-37-39-41-43-45-47-49-51-53-55-57-59-61-67(71)68-65(64-75-76(72,73)74-63-62-69(3,4)5)66(70)60-58-56-54-52-50-48-46-44-42-40-38-29-27-25-23-21-19-17-15-13-11-9-7-2/h18,20,24,26,50,52,58,60,65-66,70H,6-17,19,21-23,25,27-49,51,53-57,59,61-64H2,1-5H3,(H-,68,71,72,73)/b20-18-,26-24-,52-50+,60-58+. The Hall–Kier alpha value is -1.54. The SMILES string of the molecule is CCCCCCC/C=C\C/C=C\CCCCCCCCCCCCCCCCCCCCCC(=O)NC(COP(=O)([O-])OCC[N+](C)(C)C)C(O)/C=C/CC/C=C/CCCCCCCCCCCCCCCCCCC. The van der Waals surface area contributed by atoms with Gasteiger partial charge in [0.1, 0.15) is 13.2 Å². The predicted molar refractivity (Wildman–Crippen MR) is 330 cm³/mol. The van der Waals surface area contributed by atoms with Gasteiger partial charge in [0.25, 0.3) is 7.82 Å². The van der Waals surface area contributed by atoms with Gasteiger partial charge in [0, 0.05) is 6.42 Å². The molecular weight excluding hydrogens is 960 g/mol. The Morgan fingerprint density at radius 2 is 0.776 bits per heavy atom. The molecule has 0 aliphatic heterocycles. The highest BCUT2D eigenvalue weighted by Gasteiger charge is 2.23. The Bertz CT molecular complexity index is 1380. The van der Waals surface area contributed by atoms with Crippen molar-refractivity contribution in [2.45, 2.75) is 334 Å². The van der Waals surface area contributed by atoms with Gasteiger partial charge in [-0.3, -0.25) is 9.36 Å². The van der Waals surface area contributed by atoms with Gasteiger partial charge in [-0.15, -0.1) is 0 Å². The molecule has 3 atom stereocenters. The second kappa shape index (κ2) is 58.1. The van der Waals surface area contributed by atoms with Crippen molar-refractivity contribution in [2.75, 3.05) is 40.9 Å². The molecule has 76 heavy (non-hydrogen) atoms. The monoisotopic (exact) mass is 1090 g/mol. The number of unbranched alkanes of at least 4 members (excludes halogenated alkanes) is 42. The van der Waals surface area contributed by atoms with Crippen LogP contribution in [-0.4, -0.2) is 68.5 Å². The molecule has 0 aromatic carbocycles. The molecule has 9 heteroatoms. The molecule has 1 amide bonds. The summed E-state index contributed by atoms with van der Waals surface area (Å²) in [6.45, 7) is 4.66. The number of nitrogens with one attached hydrogen (secondary N) is 1. The zero-order valence-electron chi connectivity index (χ0n) is 51.2. The van der Waals surface area contributed by atoms with Gasteiger partial charge >= 0.3 is 0 Å². The number of likely N-dealkylation sites (N-methyl/N-ethyl adjacent to an activating group) is 1. The lowest BCUT2D eigenvalue weighted by Crippen LogP contribution is -2.45. The summed E-state index contributed by atoms with van der Waals surface area (Å²) in [5.74, 6) is -0.202. The number of aliphatic hydroxyl groups is 1. The van der Waals surface area contributed by atoms with Crippen LogP contribution in [0.25, 0.3) is 0 Å². The van der Waals surface area contributed by atoms with Crippen molar-refractivity contribution in [3.8, 4) is 0 Å². The van der Waals surface area contributed by atoms with Crippen molar-refractivity contribution in [1.82, 2.24) is 5.32 Å². The van der Waals surface area contributed by atoms with E-state index >= 15 is 0 Å². The first-order chi connectivity index (χ1) is 37.0. The first-order valence-corrected chi connectivity index (χ1v) is 34.5. The molecule has 0 saturated carbocycles. The largest absolute Gasteiger partial charge is 0.756 e. The summed E-state index contributed by atoms with van der Waals surface area (Å²) >= 11 is 0. The molecule has 0 aromatic rings. The first-order valence-electron chi connectivity index (χ1n) is 33.0. The molecule has 0 spiro atoms. The average molecular weight is 1090 g/mol. The predicted octanol–water partition coefficient (Wildman–Crippen LogP) is 20.0. The third kappa shape index (κ3) is 60.1. The molecule has 3 unspecified atom stereocenters. The lowest BCUT2D eigenvalue weighted by molar-refractivity contribution is -0.870. The minimum atomic E-state index is -4.61. The third-order valence-electron chi connectivity index (χ3n) is 15.0. The highest BCUT2D eigenvalue weighted by molar-refractivity contribution is 7.45. The maximum absolute atomic E-state index is 13.0. The Labute approximate surface area is 473 Å². The van der Waals surface area contributed by atoms with Gasteiger partial charge in [-0.1, -0.05) is 300 Å². The Balaban J connectivity index is 4.10. The summed E-state index contributed by atoms with van der Waals surface area (Å²) < 4.78 is 23.4. The molecule has 0 aliphatic carbocycles. The lowest BCUT2D eigenvalue weighted by Gasteiger charge is -2.29. The van der Waals surface area contributed by atoms with E-state index in [2.05, 4.69) is 55.6 Å². The van der Waals surface area contributed by atoms with Gasteiger partial charge in [0.05, 0.1) is 39.9 Å². The van der Waals surface area contributed by atoms with E-state index in [0.717, 1.165) is 44.9 Å². The molecule has 0 saturated heterocycles. The van der Waals surface area contributed by atoms with Crippen molar-refractivity contribution in [2.24, 2.45) is 0 Å². The fourth-order valence-electron chi connectivity index (χ4n) is 9.85. The van der Waals surface area contributed by atoms with Crippen LogP contribution >= 0.6 is 7.82 Å². The van der Waals surface area contributed by atoms with Gasteiger partial charge < -0.3 is 28.8 Å². The van der Waals surface area contributed by atoms with E-state index in [1.54, 1.807) is 6.08 Å². The summed E-state index contributed by atoms with van der Waals surface area (Å²) in [5, 5.41) is 13.9. The molecular formula is C67H129N2O6P. The summed E-state index contributed by atoms with van der Waals surface area (Å²) in [6.07, 6.45) is 77.9. The number of carbonyl (C=O) groups is 1. The van der Waals surface area contributed by atoms with Crippen LogP contribution < -0.4 is 10.2 Å². The number of hydrogen-bond acceptors (Lipinski definition) is 6. The van der Waals surface area contributed by atoms with Crippen LogP contribution in [0.2, 0.25) is 0 Å². The second-order valence-electron chi connectivity index (χ2n) is 23.8. The normalized spacial score (nSPS) is 14.0. The van der Waals surface area contributed by atoms with Gasteiger partial charge in [0.2, 0.25) is 5.91 Å². The van der Waals surface area contributed by atoms with Crippen LogP contribution in [0.1, 0.15) is 322 Å². The first kappa shape index (κ1) is 74.5. The molecule has 0 aliphatic rings. The van der Waals surface area contributed by atoms with E-state index in [1.807, 2.05) is 27.2 Å². The maximum Gasteiger partial charge on any atom is 0.268 e. The highest BCUT2D eigenvalue weighted by atomic mass is 31.2. The van der Waals surface area contributed by atoms with E-state index in [1.165, 1.54) is 257 Å². The zero-order chi connectivity index (χ0) is 55.6. The summed E-state index contributed by atoms with van der Waals surface area (Å²) in [5.41, 5.74) is 0. The van der Waals surface area contributed by atoms with E-state index in [-0.39, 0.29) is 12.5 Å². The number of aliphatic hydroxyl groups excluding tert-OH is 1. The Kier molecular flexibility index (Phi) is 56.9. The van der Waals surface area contributed by atoms with Crippen molar-refractivity contribution < 1.29 is 32.9 Å². The number of carbonyl (C=O) groups excluding carboxylic acids is 1. The molecule has 0 fully saturated rings. The van der Waals surface area contributed by atoms with Gasteiger partial charge in [-0.05, 0) is 64.2 Å². The number of hydrogen-bond donors (Lipinski definition) is 2. The Morgan fingerprint density at radius 1 is 0.461 bits per heavy atom. The smallest absolute Gasteiger partial charge is 0.268 e. The van der Waals surface area contributed by atoms with E-state index < -0.39 is 26.6 Å². The Morgan fingerprint density at radius 3 is 1.14 bits per heavy atom. The topological polar surface area (TPSA) is 108 Å². The van der Waals surface area contributed by atoms with Crippen LogP contribution in [0.3, 0.4) is 0 Å². The summed E-state index contributed by atoms with van der Waals surface area (Å²) in [4.78, 5) is 25.6. The van der Waals surface area contributed by atoms with E-state index in [9.17, 15) is 19.4 Å². The second-order valence-corrected chi connectivity index (χ2v) is 25.2. The number of nitrogens with zero attached hydrogens (tertiary/aromatic N) is 1. The minimum absolute atomic E-state index is 0.00545. The van der Waals surface area contributed by atoms with Gasteiger partial charge in [-0.2, -0.15) is 0 Å². The number of phosphoric acid groups is 1. The number of rotatable bonds is 61. The summed E-state index contributed by atoms with van der Waals surface area (Å²) in [6, 6.07) is -0.904. The van der Waals surface area contributed by atoms with Crippen molar-refractivity contribution in [1.29, 1.82) is 0 Å². The average Bonchev–Trinajstić information content (AvgIpc) is 3.38. The molecule has 0 bridgehead atoms. The molecule has 0 heterocycles. The molecule has 0 aromatic heterocycles. The van der Waals surface area contributed by atoms with Crippen LogP contribution in [-0.2, 0) is 18.4 Å². The van der Waals surface area contributed by atoms with Crippen LogP contribution in [0, 0.1) is 0 Å². The van der Waals surface area contributed by atoms with Crippen LogP contribution in [0.5, 0.6) is 0 Å². The fraction of sp³-hybridized carbons (Fsp3) is 0.866. The van der Waals surface area contributed by atoms with Crippen LogP contribution in [0.4, 0.5) is 0 Å². The maximum atomic E-state index is 13.0. The molecule has 0 rings (SSSR count). The number of phosphoric ester groups is 1. The lowest BCUT2D eigenvalue weighted by atomic mass is 10.0. The fourth-order valence-corrected chi connectivity index (χ4v) is 10.6. The van der Waals surface area contributed by atoms with Gasteiger partial charge in [-0.25, -0.2) is 0 Å². The quantitative estimate of drug-likeness (QED) is 0.0272. The van der Waals surface area contributed by atoms with Crippen molar-refractivity contribution in [3.63, 3.8) is 0 Å². The number of allylic oxidation sites excluding steroid dienone is 7.